The second kappa shape index (κ2) is 8.89. The van der Waals surface area contributed by atoms with Gasteiger partial charge >= 0.3 is 0 Å². The summed E-state index contributed by atoms with van der Waals surface area (Å²) in [7, 11) is -1.75. The molecule has 0 saturated heterocycles. The number of benzene rings is 2. The molecule has 0 aliphatic heterocycles. The lowest BCUT2D eigenvalue weighted by Gasteiger charge is -2.11. The third-order valence-corrected chi connectivity index (χ3v) is 6.80. The highest BCUT2D eigenvalue weighted by Crippen LogP contribution is 2.28. The van der Waals surface area contributed by atoms with E-state index in [4.69, 9.17) is 0 Å². The van der Waals surface area contributed by atoms with Crippen LogP contribution in [0, 0.1) is 13.8 Å². The third kappa shape index (κ3) is 5.01. The van der Waals surface area contributed by atoms with E-state index in [-0.39, 0.29) is 5.75 Å². The summed E-state index contributed by atoms with van der Waals surface area (Å²) >= 11 is 1.51. The minimum atomic E-state index is -3.19. The van der Waals surface area contributed by atoms with E-state index in [1.165, 1.54) is 29.9 Å². The Bertz CT molecular complexity index is 1030. The van der Waals surface area contributed by atoms with E-state index in [0.29, 0.717) is 12.2 Å². The van der Waals surface area contributed by atoms with Crippen molar-refractivity contribution >= 4 is 21.8 Å². The lowest BCUT2D eigenvalue weighted by molar-refractivity contribution is 0.587. The quantitative estimate of drug-likeness (QED) is 0.449. The molecule has 0 saturated carbocycles. The molecule has 6 nitrogen and oxygen atoms in total. The molecule has 0 aliphatic rings. The molecule has 2 aromatic carbocycles. The van der Waals surface area contributed by atoms with Crippen LogP contribution in [-0.2, 0) is 10.0 Å². The molecule has 1 N–H and O–H groups in total. The topological polar surface area (TPSA) is 76.9 Å². The number of sulfonamides is 1. The molecular formula is C20H24N4O2S2. The lowest BCUT2D eigenvalue weighted by Crippen LogP contribution is -2.22. The van der Waals surface area contributed by atoms with Gasteiger partial charge in [-0.1, -0.05) is 59.3 Å². The van der Waals surface area contributed by atoms with Gasteiger partial charge in [-0.2, -0.15) is 0 Å². The van der Waals surface area contributed by atoms with Gasteiger partial charge in [-0.3, -0.25) is 4.57 Å². The van der Waals surface area contributed by atoms with Gasteiger partial charge in [0, 0.05) is 17.0 Å². The predicted octanol–water partition coefficient (Wildman–Crippen LogP) is 3.58. The average molecular weight is 417 g/mol. The molecule has 1 aromatic heterocycles. The van der Waals surface area contributed by atoms with Gasteiger partial charge in [-0.05, 0) is 39.4 Å². The number of rotatable bonds is 8. The Balaban J connectivity index is 1.89. The summed E-state index contributed by atoms with van der Waals surface area (Å²) in [4.78, 5) is 0. The maximum absolute atomic E-state index is 11.6. The second-order valence-corrected chi connectivity index (χ2v) is 9.68. The van der Waals surface area contributed by atoms with Crippen LogP contribution in [0.25, 0.3) is 17.1 Å². The minimum Gasteiger partial charge on any atom is -0.270 e. The Morgan fingerprint density at radius 3 is 2.18 bits per heavy atom. The zero-order valence-electron chi connectivity index (χ0n) is 16.2. The molecule has 0 radical (unpaired) electrons. The molecule has 3 rings (SSSR count). The smallest absolute Gasteiger partial charge is 0.211 e. The summed E-state index contributed by atoms with van der Waals surface area (Å²) in [5, 5.41) is 9.55. The number of aryl methyl sites for hydroxylation is 2. The van der Waals surface area contributed by atoms with Crippen LogP contribution in [0.2, 0.25) is 0 Å². The van der Waals surface area contributed by atoms with E-state index in [1.54, 1.807) is 0 Å². The van der Waals surface area contributed by atoms with E-state index >= 15 is 0 Å². The van der Waals surface area contributed by atoms with Gasteiger partial charge in [0.2, 0.25) is 10.0 Å². The Morgan fingerprint density at radius 1 is 0.964 bits per heavy atom. The summed E-state index contributed by atoms with van der Waals surface area (Å²) in [6.45, 7) is 4.10. The lowest BCUT2D eigenvalue weighted by atomic mass is 10.1. The molecule has 0 spiro atoms. The molecule has 0 atom stereocenters. The molecule has 1 heterocycles. The normalized spacial score (nSPS) is 11.7. The first-order valence-electron chi connectivity index (χ1n) is 9.03. The molecule has 0 aliphatic carbocycles. The van der Waals surface area contributed by atoms with E-state index < -0.39 is 10.0 Å². The van der Waals surface area contributed by atoms with Crippen molar-refractivity contribution in [1.29, 1.82) is 0 Å². The van der Waals surface area contributed by atoms with E-state index in [2.05, 4.69) is 53.0 Å². The number of hydrogen-bond donors (Lipinski definition) is 1. The number of thioether (sulfide) groups is 1. The standard InChI is InChI=1S/C20H24N4O2S2/c1-15-5-9-17(10-6-15)19-22-23-20(27-13-4-14-28(25,26)21-3)24(19)18-11-7-16(2)8-12-18/h5-12,21H,4,13-14H2,1-3H3. The van der Waals surface area contributed by atoms with Crippen LogP contribution in [0.1, 0.15) is 17.5 Å². The average Bonchev–Trinajstić information content (AvgIpc) is 3.10. The highest BCUT2D eigenvalue weighted by molar-refractivity contribution is 7.99. The van der Waals surface area contributed by atoms with Crippen molar-refractivity contribution in [3.63, 3.8) is 0 Å². The maximum atomic E-state index is 11.6. The number of hydrogen-bond acceptors (Lipinski definition) is 5. The van der Waals surface area contributed by atoms with Crippen LogP contribution in [0.15, 0.2) is 53.7 Å². The SMILES string of the molecule is CNS(=O)(=O)CCCSc1nnc(-c2ccc(C)cc2)n1-c1ccc(C)cc1. The van der Waals surface area contributed by atoms with Gasteiger partial charge in [0.25, 0.3) is 0 Å². The number of aromatic nitrogens is 3. The maximum Gasteiger partial charge on any atom is 0.211 e. The second-order valence-electron chi connectivity index (χ2n) is 6.57. The minimum absolute atomic E-state index is 0.0972. The van der Waals surface area contributed by atoms with Crippen molar-refractivity contribution in [1.82, 2.24) is 19.5 Å². The Morgan fingerprint density at radius 2 is 1.57 bits per heavy atom. The van der Waals surface area contributed by atoms with Crippen LogP contribution in [0.5, 0.6) is 0 Å². The predicted molar refractivity (Wildman–Crippen MR) is 114 cm³/mol. The Hall–Kier alpha value is -2.16. The van der Waals surface area contributed by atoms with E-state index in [1.807, 2.05) is 28.8 Å². The summed E-state index contributed by atoms with van der Waals surface area (Å²) in [6.07, 6.45) is 0.536. The molecule has 3 aromatic rings. The summed E-state index contributed by atoms with van der Waals surface area (Å²) in [5.41, 5.74) is 4.34. The molecule has 148 valence electrons. The molecule has 0 amide bonds. The fourth-order valence-corrected chi connectivity index (χ4v) is 4.50. The van der Waals surface area contributed by atoms with Crippen molar-refractivity contribution in [2.24, 2.45) is 0 Å². The number of nitrogens with zero attached hydrogens (tertiary/aromatic N) is 3. The van der Waals surface area contributed by atoms with Crippen LogP contribution < -0.4 is 4.72 Å². The molecular weight excluding hydrogens is 392 g/mol. The zero-order chi connectivity index (χ0) is 20.1. The van der Waals surface area contributed by atoms with Crippen molar-refractivity contribution in [3.05, 3.63) is 59.7 Å². The number of nitrogens with one attached hydrogen (secondary N) is 1. The molecule has 28 heavy (non-hydrogen) atoms. The highest BCUT2D eigenvalue weighted by Gasteiger charge is 2.16. The van der Waals surface area contributed by atoms with Gasteiger partial charge in [-0.15, -0.1) is 10.2 Å². The summed E-state index contributed by atoms with van der Waals surface area (Å²) in [5.74, 6) is 1.51. The van der Waals surface area contributed by atoms with Crippen molar-refractivity contribution in [2.75, 3.05) is 18.6 Å². The van der Waals surface area contributed by atoms with Crippen molar-refractivity contribution in [2.45, 2.75) is 25.4 Å². The highest BCUT2D eigenvalue weighted by atomic mass is 32.2. The molecule has 0 bridgehead atoms. The van der Waals surface area contributed by atoms with Gasteiger partial charge in [-0.25, -0.2) is 13.1 Å². The summed E-state index contributed by atoms with van der Waals surface area (Å²) < 4.78 is 27.6. The van der Waals surface area contributed by atoms with Crippen LogP contribution >= 0.6 is 11.8 Å². The van der Waals surface area contributed by atoms with Crippen LogP contribution in [0.4, 0.5) is 0 Å². The molecule has 0 fully saturated rings. The zero-order valence-corrected chi connectivity index (χ0v) is 17.8. The van der Waals surface area contributed by atoms with E-state index in [9.17, 15) is 8.42 Å². The first-order chi connectivity index (χ1) is 13.4. The van der Waals surface area contributed by atoms with Crippen LogP contribution in [0.3, 0.4) is 0 Å². The molecule has 8 heteroatoms. The molecule has 0 unspecified atom stereocenters. The van der Waals surface area contributed by atoms with E-state index in [0.717, 1.165) is 22.2 Å². The first-order valence-corrected chi connectivity index (χ1v) is 11.7. The van der Waals surface area contributed by atoms with Crippen molar-refractivity contribution < 1.29 is 8.42 Å². The first kappa shape index (κ1) is 20.6. The van der Waals surface area contributed by atoms with Crippen molar-refractivity contribution in [3.8, 4) is 17.1 Å². The van der Waals surface area contributed by atoms with Crippen LogP contribution in [-0.4, -0.2) is 41.7 Å². The summed E-state index contributed by atoms with van der Waals surface area (Å²) in [6, 6.07) is 16.4. The largest absolute Gasteiger partial charge is 0.270 e. The van der Waals surface area contributed by atoms with Gasteiger partial charge < -0.3 is 0 Å². The fraction of sp³-hybridized carbons (Fsp3) is 0.300. The van der Waals surface area contributed by atoms with Gasteiger partial charge in [0.15, 0.2) is 11.0 Å². The Labute approximate surface area is 170 Å². The third-order valence-electron chi connectivity index (χ3n) is 4.33. The van der Waals surface area contributed by atoms with Gasteiger partial charge in [0.1, 0.15) is 0 Å². The fourth-order valence-electron chi connectivity index (χ4n) is 2.69. The monoisotopic (exact) mass is 416 g/mol. The Kier molecular flexibility index (Phi) is 6.53. The van der Waals surface area contributed by atoms with Gasteiger partial charge in [0.05, 0.1) is 5.75 Å².